The lowest BCUT2D eigenvalue weighted by Crippen LogP contribution is -2.46. The van der Waals surface area contributed by atoms with Crippen LogP contribution >= 0.6 is 0 Å². The second-order valence-corrected chi connectivity index (χ2v) is 7.11. The van der Waals surface area contributed by atoms with Crippen LogP contribution in [0.3, 0.4) is 0 Å². The van der Waals surface area contributed by atoms with Crippen LogP contribution in [-0.2, 0) is 0 Å². The van der Waals surface area contributed by atoms with Crippen LogP contribution in [0.1, 0.15) is 26.7 Å². The first kappa shape index (κ1) is 17.9. The highest BCUT2D eigenvalue weighted by atomic mass is 16.5. The molecular weight excluding hydrogens is 292 g/mol. The van der Waals surface area contributed by atoms with E-state index in [1.807, 2.05) is 18.2 Å². The summed E-state index contributed by atoms with van der Waals surface area (Å²) in [6.45, 7) is 7.47. The zero-order valence-electron chi connectivity index (χ0n) is 14.8. The van der Waals surface area contributed by atoms with Crippen LogP contribution in [0.4, 0.5) is 5.69 Å². The van der Waals surface area contributed by atoms with Gasteiger partial charge in [0.15, 0.2) is 11.5 Å². The molecule has 0 saturated carbocycles. The highest BCUT2D eigenvalue weighted by Gasteiger charge is 2.26. The van der Waals surface area contributed by atoms with E-state index in [0.29, 0.717) is 6.04 Å². The van der Waals surface area contributed by atoms with Crippen molar-refractivity contribution in [2.75, 3.05) is 45.8 Å². The van der Waals surface area contributed by atoms with Gasteiger partial charge in [-0.3, -0.25) is 0 Å². The molecule has 1 aliphatic heterocycles. The van der Waals surface area contributed by atoms with Gasteiger partial charge >= 0.3 is 0 Å². The number of hydrogen-bond donors (Lipinski definition) is 2. The summed E-state index contributed by atoms with van der Waals surface area (Å²) in [5, 5.41) is 13.1. The first-order chi connectivity index (χ1) is 11.0. The quantitative estimate of drug-likeness (QED) is 0.808. The normalized spacial score (nSPS) is 19.4. The molecule has 5 nitrogen and oxygen atoms in total. The molecule has 1 atom stereocenters. The predicted molar refractivity (Wildman–Crippen MR) is 93.5 cm³/mol. The van der Waals surface area contributed by atoms with E-state index in [-0.39, 0.29) is 12.0 Å². The second kappa shape index (κ2) is 7.88. The Hall–Kier alpha value is -1.46. The monoisotopic (exact) mass is 322 g/mol. The molecule has 23 heavy (non-hydrogen) atoms. The summed E-state index contributed by atoms with van der Waals surface area (Å²) in [6, 6.07) is 6.35. The van der Waals surface area contributed by atoms with Crippen molar-refractivity contribution in [1.82, 2.24) is 4.90 Å². The van der Waals surface area contributed by atoms with Crippen molar-refractivity contribution in [3.63, 3.8) is 0 Å². The fourth-order valence-corrected chi connectivity index (χ4v) is 3.13. The maximum Gasteiger partial charge on any atom is 0.162 e. The first-order valence-corrected chi connectivity index (χ1v) is 8.29. The highest BCUT2D eigenvalue weighted by molar-refractivity contribution is 5.55. The zero-order chi connectivity index (χ0) is 16.9. The predicted octanol–water partition coefficient (Wildman–Crippen LogP) is 2.60. The average molecular weight is 322 g/mol. The molecule has 1 fully saturated rings. The molecule has 1 heterocycles. The van der Waals surface area contributed by atoms with Gasteiger partial charge in [-0.2, -0.15) is 0 Å². The number of benzene rings is 1. The van der Waals surface area contributed by atoms with Gasteiger partial charge < -0.3 is 24.8 Å². The van der Waals surface area contributed by atoms with E-state index in [9.17, 15) is 5.11 Å². The number of aliphatic hydroxyl groups excluding tert-OH is 1. The molecule has 0 aromatic heterocycles. The minimum absolute atomic E-state index is 0.0504. The largest absolute Gasteiger partial charge is 0.493 e. The van der Waals surface area contributed by atoms with Gasteiger partial charge in [-0.15, -0.1) is 0 Å². The van der Waals surface area contributed by atoms with E-state index in [2.05, 4.69) is 24.1 Å². The summed E-state index contributed by atoms with van der Waals surface area (Å²) >= 11 is 0. The Kier molecular flexibility index (Phi) is 6.13. The molecule has 0 spiro atoms. The van der Waals surface area contributed by atoms with Gasteiger partial charge in [-0.1, -0.05) is 13.8 Å². The van der Waals surface area contributed by atoms with Gasteiger partial charge in [-0.25, -0.2) is 0 Å². The number of rotatable bonds is 7. The number of nitrogens with zero attached hydrogens (tertiary/aromatic N) is 1. The number of methoxy groups -OCH3 is 2. The molecule has 2 N–H and O–H groups in total. The SMILES string of the molecule is COc1ccc(N[C@H]2CCCN(CC(C)(C)CO)C2)cc1OC. The molecule has 0 bridgehead atoms. The summed E-state index contributed by atoms with van der Waals surface area (Å²) in [4.78, 5) is 2.44. The van der Waals surface area contributed by atoms with Gasteiger partial charge in [0, 0.05) is 42.9 Å². The molecule has 5 heteroatoms. The van der Waals surface area contributed by atoms with Crippen molar-refractivity contribution >= 4 is 5.69 Å². The Labute approximate surface area is 139 Å². The molecule has 130 valence electrons. The standard InChI is InChI=1S/C18H30N2O3/c1-18(2,13-21)12-20-9-5-6-15(11-20)19-14-7-8-16(22-3)17(10-14)23-4/h7-8,10,15,19,21H,5-6,9,11-13H2,1-4H3/t15-/m0/s1. The third-order valence-electron chi connectivity index (χ3n) is 4.34. The lowest BCUT2D eigenvalue weighted by molar-refractivity contribution is 0.0894. The average Bonchev–Trinajstić information content (AvgIpc) is 2.54. The van der Waals surface area contributed by atoms with Crippen molar-refractivity contribution < 1.29 is 14.6 Å². The Bertz CT molecular complexity index is 505. The summed E-state index contributed by atoms with van der Waals surface area (Å²) in [5.74, 6) is 1.49. The highest BCUT2D eigenvalue weighted by Crippen LogP contribution is 2.30. The number of nitrogens with one attached hydrogen (secondary N) is 1. The van der Waals surface area contributed by atoms with Gasteiger partial charge in [0.05, 0.1) is 14.2 Å². The van der Waals surface area contributed by atoms with Gasteiger partial charge in [0.2, 0.25) is 0 Å². The molecule has 1 saturated heterocycles. The molecule has 1 aromatic carbocycles. The maximum absolute atomic E-state index is 9.46. The van der Waals surface area contributed by atoms with Crippen molar-refractivity contribution in [2.45, 2.75) is 32.7 Å². The zero-order valence-corrected chi connectivity index (χ0v) is 14.8. The van der Waals surface area contributed by atoms with Crippen molar-refractivity contribution in [3.05, 3.63) is 18.2 Å². The van der Waals surface area contributed by atoms with Gasteiger partial charge in [-0.05, 0) is 31.5 Å². The number of piperidine rings is 1. The maximum atomic E-state index is 9.46. The van der Waals surface area contributed by atoms with Crippen LogP contribution < -0.4 is 14.8 Å². The Morgan fingerprint density at radius 3 is 2.65 bits per heavy atom. The van der Waals surface area contributed by atoms with Gasteiger partial charge in [0.25, 0.3) is 0 Å². The molecule has 1 aromatic rings. The number of aliphatic hydroxyl groups is 1. The van der Waals surface area contributed by atoms with Gasteiger partial charge in [0.1, 0.15) is 0 Å². The first-order valence-electron chi connectivity index (χ1n) is 8.29. The van der Waals surface area contributed by atoms with E-state index in [1.165, 1.54) is 6.42 Å². The van der Waals surface area contributed by atoms with E-state index < -0.39 is 0 Å². The molecule has 1 aliphatic rings. The molecular formula is C18H30N2O3. The van der Waals surface area contributed by atoms with Crippen molar-refractivity contribution in [2.24, 2.45) is 5.41 Å². The van der Waals surface area contributed by atoms with Crippen LogP contribution in [0.15, 0.2) is 18.2 Å². The minimum Gasteiger partial charge on any atom is -0.493 e. The Morgan fingerprint density at radius 2 is 2.00 bits per heavy atom. The number of hydrogen-bond acceptors (Lipinski definition) is 5. The smallest absolute Gasteiger partial charge is 0.162 e. The number of ether oxygens (including phenoxy) is 2. The van der Waals surface area contributed by atoms with Crippen LogP contribution in [-0.4, -0.2) is 56.5 Å². The molecule has 0 aliphatic carbocycles. The topological polar surface area (TPSA) is 54.0 Å². The summed E-state index contributed by atoms with van der Waals surface area (Å²) in [5.41, 5.74) is 1.00. The number of anilines is 1. The van der Waals surface area contributed by atoms with Crippen LogP contribution in [0.25, 0.3) is 0 Å². The molecule has 2 rings (SSSR count). The third kappa shape index (κ3) is 5.01. The molecule has 0 unspecified atom stereocenters. The van der Waals surface area contributed by atoms with Crippen LogP contribution in [0.5, 0.6) is 11.5 Å². The minimum atomic E-state index is -0.0504. The second-order valence-electron chi connectivity index (χ2n) is 7.11. The van der Waals surface area contributed by atoms with E-state index in [0.717, 1.165) is 43.2 Å². The lowest BCUT2D eigenvalue weighted by atomic mass is 9.92. The molecule has 0 amide bonds. The Morgan fingerprint density at radius 1 is 1.26 bits per heavy atom. The van der Waals surface area contributed by atoms with Crippen molar-refractivity contribution in [3.8, 4) is 11.5 Å². The Balaban J connectivity index is 1.97. The fourth-order valence-electron chi connectivity index (χ4n) is 3.13. The molecule has 0 radical (unpaired) electrons. The van der Waals surface area contributed by atoms with Crippen molar-refractivity contribution in [1.29, 1.82) is 0 Å². The fraction of sp³-hybridized carbons (Fsp3) is 0.667. The van der Waals surface area contributed by atoms with E-state index in [1.54, 1.807) is 14.2 Å². The third-order valence-corrected chi connectivity index (χ3v) is 4.34. The lowest BCUT2D eigenvalue weighted by Gasteiger charge is -2.37. The summed E-state index contributed by atoms with van der Waals surface area (Å²) < 4.78 is 10.6. The van der Waals surface area contributed by atoms with E-state index >= 15 is 0 Å². The van der Waals surface area contributed by atoms with E-state index in [4.69, 9.17) is 9.47 Å². The summed E-state index contributed by atoms with van der Waals surface area (Å²) in [7, 11) is 3.30. The van der Waals surface area contributed by atoms with Crippen LogP contribution in [0, 0.1) is 5.41 Å². The number of likely N-dealkylation sites (tertiary alicyclic amines) is 1. The summed E-state index contributed by atoms with van der Waals surface area (Å²) in [6.07, 6.45) is 2.33. The van der Waals surface area contributed by atoms with Crippen LogP contribution in [0.2, 0.25) is 0 Å².